The first-order valence-corrected chi connectivity index (χ1v) is 7.56. The van der Waals surface area contributed by atoms with Crippen LogP contribution in [0.25, 0.3) is 0 Å². The van der Waals surface area contributed by atoms with E-state index >= 15 is 0 Å². The lowest BCUT2D eigenvalue weighted by Gasteiger charge is -2.34. The van der Waals surface area contributed by atoms with Crippen LogP contribution in [0.3, 0.4) is 0 Å². The summed E-state index contributed by atoms with van der Waals surface area (Å²) in [6.07, 6.45) is 3.39. The summed E-state index contributed by atoms with van der Waals surface area (Å²) in [6, 6.07) is 3.40. The number of anilines is 2. The average molecular weight is 279 g/mol. The predicted octanol–water partition coefficient (Wildman–Crippen LogP) is 3.10. The SMILES string of the molecule is CC(C)c1cc(N2CCC(CCN)CC2)c(N)cc1F. The molecule has 0 radical (unpaired) electrons. The topological polar surface area (TPSA) is 55.3 Å². The predicted molar refractivity (Wildman–Crippen MR) is 83.5 cm³/mol. The lowest BCUT2D eigenvalue weighted by Crippen LogP contribution is -2.34. The molecule has 0 bridgehead atoms. The van der Waals surface area contributed by atoms with Crippen LogP contribution in [0.15, 0.2) is 12.1 Å². The van der Waals surface area contributed by atoms with E-state index in [9.17, 15) is 4.39 Å². The molecule has 20 heavy (non-hydrogen) atoms. The fourth-order valence-corrected chi connectivity index (χ4v) is 3.01. The molecule has 1 aromatic carbocycles. The van der Waals surface area contributed by atoms with Gasteiger partial charge < -0.3 is 16.4 Å². The number of piperidine rings is 1. The quantitative estimate of drug-likeness (QED) is 0.833. The van der Waals surface area contributed by atoms with Gasteiger partial charge in [-0.3, -0.25) is 0 Å². The summed E-state index contributed by atoms with van der Waals surface area (Å²) in [5.74, 6) is 0.700. The number of hydrogen-bond acceptors (Lipinski definition) is 3. The highest BCUT2D eigenvalue weighted by Crippen LogP contribution is 2.33. The number of nitrogens with zero attached hydrogens (tertiary/aromatic N) is 1. The van der Waals surface area contributed by atoms with Gasteiger partial charge in [0, 0.05) is 13.1 Å². The van der Waals surface area contributed by atoms with Crippen molar-refractivity contribution in [3.63, 3.8) is 0 Å². The van der Waals surface area contributed by atoms with Crippen LogP contribution in [0, 0.1) is 11.7 Å². The summed E-state index contributed by atoms with van der Waals surface area (Å²) in [6.45, 7) is 6.74. The molecule has 3 nitrogen and oxygen atoms in total. The molecule has 0 aliphatic carbocycles. The second kappa shape index (κ2) is 6.44. The van der Waals surface area contributed by atoms with Crippen LogP contribution in [-0.4, -0.2) is 19.6 Å². The molecule has 1 fully saturated rings. The molecule has 1 heterocycles. The normalized spacial score (nSPS) is 16.9. The number of nitrogens with two attached hydrogens (primary N) is 2. The van der Waals surface area contributed by atoms with Crippen LogP contribution in [0.5, 0.6) is 0 Å². The van der Waals surface area contributed by atoms with Crippen molar-refractivity contribution in [2.24, 2.45) is 11.7 Å². The molecular weight excluding hydrogens is 253 g/mol. The molecule has 0 atom stereocenters. The number of benzene rings is 1. The Bertz CT molecular complexity index is 451. The van der Waals surface area contributed by atoms with Gasteiger partial charge in [-0.1, -0.05) is 13.8 Å². The lowest BCUT2D eigenvalue weighted by atomic mass is 9.92. The van der Waals surface area contributed by atoms with Crippen molar-refractivity contribution in [3.8, 4) is 0 Å². The van der Waals surface area contributed by atoms with Crippen LogP contribution in [0.4, 0.5) is 15.8 Å². The molecule has 0 aromatic heterocycles. The first kappa shape index (κ1) is 15.1. The zero-order valence-electron chi connectivity index (χ0n) is 12.5. The van der Waals surface area contributed by atoms with E-state index in [0.717, 1.165) is 56.1 Å². The van der Waals surface area contributed by atoms with Crippen molar-refractivity contribution in [2.45, 2.75) is 39.0 Å². The van der Waals surface area contributed by atoms with Gasteiger partial charge in [0.1, 0.15) is 5.82 Å². The maximum atomic E-state index is 13.9. The van der Waals surface area contributed by atoms with Gasteiger partial charge in [0.15, 0.2) is 0 Å². The standard InChI is InChI=1S/C16H26FN3/c1-11(2)13-9-16(15(19)10-14(13)17)20-7-4-12(3-6-18)5-8-20/h9-12H,3-8,18-19H2,1-2H3. The molecule has 0 unspecified atom stereocenters. The minimum atomic E-state index is -0.195. The van der Waals surface area contributed by atoms with Gasteiger partial charge in [-0.05, 0) is 55.3 Å². The number of hydrogen-bond donors (Lipinski definition) is 2. The van der Waals surface area contributed by atoms with Crippen molar-refractivity contribution >= 4 is 11.4 Å². The van der Waals surface area contributed by atoms with Crippen LogP contribution in [0.2, 0.25) is 0 Å². The van der Waals surface area contributed by atoms with E-state index < -0.39 is 0 Å². The number of halogens is 1. The highest BCUT2D eigenvalue weighted by molar-refractivity contribution is 5.69. The summed E-state index contributed by atoms with van der Waals surface area (Å²) in [5.41, 5.74) is 13.9. The zero-order valence-corrected chi connectivity index (χ0v) is 12.5. The Kier molecular flexibility index (Phi) is 4.86. The Morgan fingerprint density at radius 2 is 1.95 bits per heavy atom. The van der Waals surface area contributed by atoms with E-state index in [1.54, 1.807) is 0 Å². The Morgan fingerprint density at radius 3 is 2.50 bits per heavy atom. The third kappa shape index (κ3) is 3.23. The molecule has 0 saturated carbocycles. The molecule has 1 aromatic rings. The summed E-state index contributed by atoms with van der Waals surface area (Å²) in [5, 5.41) is 0. The van der Waals surface area contributed by atoms with Crippen molar-refractivity contribution in [3.05, 3.63) is 23.5 Å². The Morgan fingerprint density at radius 1 is 1.30 bits per heavy atom. The van der Waals surface area contributed by atoms with Crippen LogP contribution in [-0.2, 0) is 0 Å². The van der Waals surface area contributed by atoms with Crippen LogP contribution >= 0.6 is 0 Å². The Labute approximate surface area is 121 Å². The van der Waals surface area contributed by atoms with Crippen molar-refractivity contribution in [1.29, 1.82) is 0 Å². The van der Waals surface area contributed by atoms with E-state index in [1.807, 2.05) is 19.9 Å². The summed E-state index contributed by atoms with van der Waals surface area (Å²) >= 11 is 0. The molecule has 2 rings (SSSR count). The zero-order chi connectivity index (χ0) is 14.7. The smallest absolute Gasteiger partial charge is 0.128 e. The Hall–Kier alpha value is -1.29. The van der Waals surface area contributed by atoms with Gasteiger partial charge in [-0.25, -0.2) is 4.39 Å². The maximum Gasteiger partial charge on any atom is 0.128 e. The molecule has 0 spiro atoms. The minimum absolute atomic E-state index is 0.170. The van der Waals surface area contributed by atoms with Gasteiger partial charge in [0.25, 0.3) is 0 Å². The summed E-state index contributed by atoms with van der Waals surface area (Å²) < 4.78 is 13.9. The van der Waals surface area contributed by atoms with Crippen LogP contribution in [0.1, 0.15) is 44.6 Å². The van der Waals surface area contributed by atoms with E-state index in [1.165, 1.54) is 6.07 Å². The molecule has 4 heteroatoms. The summed E-state index contributed by atoms with van der Waals surface area (Å²) in [4.78, 5) is 2.29. The molecular formula is C16H26FN3. The second-order valence-electron chi connectivity index (χ2n) is 6.10. The molecule has 4 N–H and O–H groups in total. The van der Waals surface area contributed by atoms with Crippen molar-refractivity contribution < 1.29 is 4.39 Å². The first-order chi connectivity index (χ1) is 9.52. The van der Waals surface area contributed by atoms with E-state index in [0.29, 0.717) is 5.69 Å². The highest BCUT2D eigenvalue weighted by atomic mass is 19.1. The molecule has 1 saturated heterocycles. The monoisotopic (exact) mass is 279 g/mol. The van der Waals surface area contributed by atoms with E-state index in [-0.39, 0.29) is 11.7 Å². The second-order valence-corrected chi connectivity index (χ2v) is 6.10. The fourth-order valence-electron chi connectivity index (χ4n) is 3.01. The van der Waals surface area contributed by atoms with E-state index in [4.69, 9.17) is 11.5 Å². The largest absolute Gasteiger partial charge is 0.397 e. The third-order valence-corrected chi connectivity index (χ3v) is 4.30. The van der Waals surface area contributed by atoms with Crippen molar-refractivity contribution in [1.82, 2.24) is 0 Å². The molecule has 112 valence electrons. The third-order valence-electron chi connectivity index (χ3n) is 4.30. The molecule has 1 aliphatic rings. The minimum Gasteiger partial charge on any atom is -0.397 e. The average Bonchev–Trinajstić information content (AvgIpc) is 2.40. The highest BCUT2D eigenvalue weighted by Gasteiger charge is 2.21. The molecule has 0 amide bonds. The fraction of sp³-hybridized carbons (Fsp3) is 0.625. The van der Waals surface area contributed by atoms with E-state index in [2.05, 4.69) is 4.90 Å². The number of rotatable bonds is 4. The maximum absolute atomic E-state index is 13.9. The van der Waals surface area contributed by atoms with Crippen molar-refractivity contribution in [2.75, 3.05) is 30.3 Å². The van der Waals surface area contributed by atoms with Gasteiger partial charge in [0.05, 0.1) is 11.4 Å². The number of nitrogen functional groups attached to an aromatic ring is 1. The van der Waals surface area contributed by atoms with Gasteiger partial charge >= 0.3 is 0 Å². The van der Waals surface area contributed by atoms with Gasteiger partial charge in [-0.15, -0.1) is 0 Å². The first-order valence-electron chi connectivity index (χ1n) is 7.56. The molecule has 1 aliphatic heterocycles. The van der Waals surface area contributed by atoms with Crippen LogP contribution < -0.4 is 16.4 Å². The van der Waals surface area contributed by atoms with Gasteiger partial charge in [-0.2, -0.15) is 0 Å². The Balaban J connectivity index is 2.15. The van der Waals surface area contributed by atoms with Gasteiger partial charge in [0.2, 0.25) is 0 Å². The summed E-state index contributed by atoms with van der Waals surface area (Å²) in [7, 11) is 0. The lowest BCUT2D eigenvalue weighted by molar-refractivity contribution is 0.386.